The Kier molecular flexibility index (Phi) is 5.96. The highest BCUT2D eigenvalue weighted by molar-refractivity contribution is 4.85. The zero-order chi connectivity index (χ0) is 10.9. The van der Waals surface area contributed by atoms with Gasteiger partial charge < -0.3 is 14.0 Å². The minimum absolute atomic E-state index is 0.681. The van der Waals surface area contributed by atoms with Crippen molar-refractivity contribution in [2.75, 3.05) is 26.9 Å². The number of nitrogens with zero attached hydrogens (tertiary/aromatic N) is 3. The molecule has 0 saturated heterocycles. The van der Waals surface area contributed by atoms with Gasteiger partial charge in [-0.25, -0.2) is 0 Å². The highest BCUT2D eigenvalue weighted by Gasteiger charge is 2.03. The van der Waals surface area contributed by atoms with Crippen molar-refractivity contribution in [3.63, 3.8) is 0 Å². The number of ether oxygens (including phenoxy) is 2. The highest BCUT2D eigenvalue weighted by atomic mass is 16.5. The molecule has 0 amide bonds. The van der Waals surface area contributed by atoms with E-state index >= 15 is 0 Å². The molecule has 1 aromatic rings. The van der Waals surface area contributed by atoms with Crippen LogP contribution in [0.2, 0.25) is 0 Å². The second-order valence-corrected chi connectivity index (χ2v) is 3.30. The average Bonchev–Trinajstić information content (AvgIpc) is 2.69. The average molecular weight is 213 g/mol. The quantitative estimate of drug-likeness (QED) is 0.602. The van der Waals surface area contributed by atoms with E-state index in [9.17, 15) is 0 Å². The SMILES string of the molecule is CCCOCCc1nncn1CCOC. The molecule has 0 fully saturated rings. The Labute approximate surface area is 90.4 Å². The molecular formula is C10H19N3O2. The van der Waals surface area contributed by atoms with Gasteiger partial charge in [-0.1, -0.05) is 6.92 Å². The van der Waals surface area contributed by atoms with Crippen molar-refractivity contribution in [2.45, 2.75) is 26.3 Å². The van der Waals surface area contributed by atoms with Crippen molar-refractivity contribution in [2.24, 2.45) is 0 Å². The molecule has 0 radical (unpaired) electrons. The van der Waals surface area contributed by atoms with Gasteiger partial charge >= 0.3 is 0 Å². The predicted octanol–water partition coefficient (Wildman–Crippen LogP) is 0.894. The first-order valence-electron chi connectivity index (χ1n) is 5.31. The van der Waals surface area contributed by atoms with Crippen LogP contribution in [-0.4, -0.2) is 41.7 Å². The fourth-order valence-corrected chi connectivity index (χ4v) is 1.26. The molecule has 0 N–H and O–H groups in total. The number of aromatic nitrogens is 3. The van der Waals surface area contributed by atoms with Crippen LogP contribution in [0.1, 0.15) is 19.2 Å². The van der Waals surface area contributed by atoms with Crippen LogP contribution in [0.25, 0.3) is 0 Å². The molecule has 0 aliphatic heterocycles. The van der Waals surface area contributed by atoms with E-state index < -0.39 is 0 Å². The summed E-state index contributed by atoms with van der Waals surface area (Å²) in [5.74, 6) is 0.961. The lowest BCUT2D eigenvalue weighted by Gasteiger charge is -2.05. The van der Waals surface area contributed by atoms with Crippen LogP contribution in [-0.2, 0) is 22.4 Å². The van der Waals surface area contributed by atoms with E-state index in [1.807, 2.05) is 4.57 Å². The van der Waals surface area contributed by atoms with Crippen molar-refractivity contribution in [1.29, 1.82) is 0 Å². The zero-order valence-corrected chi connectivity index (χ0v) is 9.48. The fourth-order valence-electron chi connectivity index (χ4n) is 1.26. The summed E-state index contributed by atoms with van der Waals surface area (Å²) in [6.07, 6.45) is 3.59. The van der Waals surface area contributed by atoms with Gasteiger partial charge in [-0.15, -0.1) is 10.2 Å². The van der Waals surface area contributed by atoms with Gasteiger partial charge in [0.2, 0.25) is 0 Å². The molecule has 0 aromatic carbocycles. The summed E-state index contributed by atoms with van der Waals surface area (Å²) in [5, 5.41) is 7.92. The summed E-state index contributed by atoms with van der Waals surface area (Å²) in [7, 11) is 1.69. The molecule has 0 saturated carbocycles. The maximum atomic E-state index is 5.40. The van der Waals surface area contributed by atoms with Gasteiger partial charge in [0.1, 0.15) is 12.2 Å². The monoisotopic (exact) mass is 213 g/mol. The van der Waals surface area contributed by atoms with Crippen LogP contribution in [0.4, 0.5) is 0 Å². The van der Waals surface area contributed by atoms with Crippen molar-refractivity contribution in [3.05, 3.63) is 12.2 Å². The highest BCUT2D eigenvalue weighted by Crippen LogP contribution is 1.97. The van der Waals surface area contributed by atoms with Gasteiger partial charge in [0, 0.05) is 26.7 Å². The molecule has 0 bridgehead atoms. The third-order valence-electron chi connectivity index (χ3n) is 2.05. The van der Waals surface area contributed by atoms with Crippen LogP contribution >= 0.6 is 0 Å². The number of methoxy groups -OCH3 is 1. The molecule has 0 aliphatic rings. The maximum absolute atomic E-state index is 5.40. The van der Waals surface area contributed by atoms with Crippen molar-refractivity contribution in [1.82, 2.24) is 14.8 Å². The van der Waals surface area contributed by atoms with E-state index in [0.717, 1.165) is 31.8 Å². The first-order valence-corrected chi connectivity index (χ1v) is 5.31. The lowest BCUT2D eigenvalue weighted by molar-refractivity contribution is 0.135. The van der Waals surface area contributed by atoms with Gasteiger partial charge in [0.05, 0.1) is 13.2 Å². The molecule has 0 spiro atoms. The Morgan fingerprint density at radius 1 is 1.33 bits per heavy atom. The van der Waals surface area contributed by atoms with Crippen LogP contribution in [0, 0.1) is 0 Å². The largest absolute Gasteiger partial charge is 0.383 e. The lowest BCUT2D eigenvalue weighted by Crippen LogP contribution is -2.10. The summed E-state index contributed by atoms with van der Waals surface area (Å²) in [5.41, 5.74) is 0. The first kappa shape index (κ1) is 12.1. The second kappa shape index (κ2) is 7.36. The number of rotatable bonds is 8. The second-order valence-electron chi connectivity index (χ2n) is 3.30. The molecule has 15 heavy (non-hydrogen) atoms. The maximum Gasteiger partial charge on any atom is 0.135 e. The minimum Gasteiger partial charge on any atom is -0.383 e. The minimum atomic E-state index is 0.681. The molecule has 1 heterocycles. The summed E-state index contributed by atoms with van der Waals surface area (Å²) in [6, 6.07) is 0. The molecule has 1 aromatic heterocycles. The Hall–Kier alpha value is -0.940. The van der Waals surface area contributed by atoms with E-state index in [4.69, 9.17) is 9.47 Å². The number of hydrogen-bond acceptors (Lipinski definition) is 4. The molecule has 0 aliphatic carbocycles. The summed E-state index contributed by atoms with van der Waals surface area (Å²) in [6.45, 7) is 5.10. The lowest BCUT2D eigenvalue weighted by atomic mass is 10.4. The normalized spacial score (nSPS) is 10.8. The van der Waals surface area contributed by atoms with E-state index in [2.05, 4.69) is 17.1 Å². The summed E-state index contributed by atoms with van der Waals surface area (Å²) in [4.78, 5) is 0. The van der Waals surface area contributed by atoms with Gasteiger partial charge in [0.25, 0.3) is 0 Å². The number of hydrogen-bond donors (Lipinski definition) is 0. The van der Waals surface area contributed by atoms with Crippen LogP contribution in [0.5, 0.6) is 0 Å². The fraction of sp³-hybridized carbons (Fsp3) is 0.800. The van der Waals surface area contributed by atoms with Crippen molar-refractivity contribution >= 4 is 0 Å². The Morgan fingerprint density at radius 3 is 2.93 bits per heavy atom. The van der Waals surface area contributed by atoms with E-state index in [-0.39, 0.29) is 0 Å². The molecular weight excluding hydrogens is 194 g/mol. The van der Waals surface area contributed by atoms with Crippen LogP contribution < -0.4 is 0 Å². The summed E-state index contributed by atoms with van der Waals surface area (Å²) >= 11 is 0. The van der Waals surface area contributed by atoms with Crippen LogP contribution in [0.3, 0.4) is 0 Å². The van der Waals surface area contributed by atoms with E-state index in [0.29, 0.717) is 13.2 Å². The molecule has 1 rings (SSSR count). The smallest absolute Gasteiger partial charge is 0.135 e. The van der Waals surface area contributed by atoms with Crippen molar-refractivity contribution in [3.8, 4) is 0 Å². The Bertz CT molecular complexity index is 263. The van der Waals surface area contributed by atoms with Crippen LogP contribution in [0.15, 0.2) is 6.33 Å². The Morgan fingerprint density at radius 2 is 2.20 bits per heavy atom. The molecule has 5 nitrogen and oxygen atoms in total. The topological polar surface area (TPSA) is 49.2 Å². The van der Waals surface area contributed by atoms with Crippen molar-refractivity contribution < 1.29 is 9.47 Å². The third kappa shape index (κ3) is 4.40. The third-order valence-corrected chi connectivity index (χ3v) is 2.05. The zero-order valence-electron chi connectivity index (χ0n) is 9.48. The standard InChI is InChI=1S/C10H19N3O2/c1-3-6-15-7-4-10-12-11-9-13(10)5-8-14-2/h9H,3-8H2,1-2H3. The van der Waals surface area contributed by atoms with E-state index in [1.165, 1.54) is 0 Å². The Balaban J connectivity index is 2.29. The molecule has 86 valence electrons. The predicted molar refractivity (Wildman–Crippen MR) is 56.7 cm³/mol. The molecule has 0 atom stereocenters. The van der Waals surface area contributed by atoms with Gasteiger partial charge in [-0.3, -0.25) is 0 Å². The van der Waals surface area contributed by atoms with Gasteiger partial charge in [-0.05, 0) is 6.42 Å². The van der Waals surface area contributed by atoms with Gasteiger partial charge in [0.15, 0.2) is 0 Å². The van der Waals surface area contributed by atoms with Gasteiger partial charge in [-0.2, -0.15) is 0 Å². The summed E-state index contributed by atoms with van der Waals surface area (Å²) < 4.78 is 12.4. The van der Waals surface area contributed by atoms with E-state index in [1.54, 1.807) is 13.4 Å². The molecule has 5 heteroatoms. The first-order chi connectivity index (χ1) is 7.38. The molecule has 0 unspecified atom stereocenters.